The van der Waals surface area contributed by atoms with Crippen molar-refractivity contribution in [2.24, 2.45) is 0 Å². The van der Waals surface area contributed by atoms with E-state index in [1.165, 1.54) is 0 Å². The van der Waals surface area contributed by atoms with Gasteiger partial charge in [-0.05, 0) is 66.8 Å². The van der Waals surface area contributed by atoms with Crippen LogP contribution in [0.4, 0.5) is 0 Å². The first kappa shape index (κ1) is 24.5. The zero-order chi connectivity index (χ0) is 24.1. The number of aromatic amines is 1. The van der Waals surface area contributed by atoms with Crippen molar-refractivity contribution in [2.75, 3.05) is 26.9 Å². The Morgan fingerprint density at radius 2 is 2.18 bits per heavy atom. The average molecular weight is 469 g/mol. The molecule has 4 rings (SSSR count). The molecule has 9 heteroatoms. The van der Waals surface area contributed by atoms with E-state index in [2.05, 4.69) is 45.3 Å². The molecule has 0 aliphatic carbocycles. The fourth-order valence-electron chi connectivity index (χ4n) is 4.94. The number of tetrazole rings is 1. The van der Waals surface area contributed by atoms with Crippen molar-refractivity contribution in [1.82, 2.24) is 30.1 Å². The maximum absolute atomic E-state index is 13.1. The van der Waals surface area contributed by atoms with Crippen molar-refractivity contribution in [3.8, 4) is 0 Å². The molecule has 1 fully saturated rings. The molecular formula is C25H36N6O3. The Kier molecular flexibility index (Phi) is 8.07. The fourth-order valence-corrected chi connectivity index (χ4v) is 4.94. The molecule has 184 valence electrons. The number of hydrogen-bond acceptors (Lipinski definition) is 7. The number of rotatable bonds is 11. The summed E-state index contributed by atoms with van der Waals surface area (Å²) in [6, 6.07) is 6.19. The van der Waals surface area contributed by atoms with Crippen molar-refractivity contribution in [2.45, 2.75) is 71.7 Å². The Morgan fingerprint density at radius 1 is 1.32 bits per heavy atom. The van der Waals surface area contributed by atoms with Crippen molar-refractivity contribution in [1.29, 1.82) is 0 Å². The third-order valence-electron chi connectivity index (χ3n) is 6.59. The van der Waals surface area contributed by atoms with Gasteiger partial charge in [-0.1, -0.05) is 19.4 Å². The molecule has 9 nitrogen and oxygen atoms in total. The predicted octanol–water partition coefficient (Wildman–Crippen LogP) is 3.30. The number of benzene rings is 1. The van der Waals surface area contributed by atoms with Crippen molar-refractivity contribution in [3.63, 3.8) is 0 Å². The van der Waals surface area contributed by atoms with E-state index in [0.717, 1.165) is 72.3 Å². The summed E-state index contributed by atoms with van der Waals surface area (Å²) in [6.45, 7) is 9.43. The SMILES string of the molecule is CCCC(c1nnnn1CCOC)N(Cc1cc2c(C)cc(C)cc2[nH]c1=O)CC1CCCO1. The second-order valence-electron chi connectivity index (χ2n) is 9.29. The molecule has 1 aliphatic heterocycles. The van der Waals surface area contributed by atoms with Crippen LogP contribution in [0.25, 0.3) is 10.9 Å². The van der Waals surface area contributed by atoms with Crippen LogP contribution in [-0.2, 0) is 22.6 Å². The summed E-state index contributed by atoms with van der Waals surface area (Å²) in [7, 11) is 1.67. The van der Waals surface area contributed by atoms with Gasteiger partial charge in [-0.25, -0.2) is 4.68 Å². The highest BCUT2D eigenvalue weighted by atomic mass is 16.5. The summed E-state index contributed by atoms with van der Waals surface area (Å²) in [6.07, 6.45) is 4.08. The van der Waals surface area contributed by atoms with Crippen molar-refractivity contribution >= 4 is 10.9 Å². The van der Waals surface area contributed by atoms with Crippen molar-refractivity contribution in [3.05, 3.63) is 51.1 Å². The van der Waals surface area contributed by atoms with E-state index >= 15 is 0 Å². The Hall–Kier alpha value is -2.62. The summed E-state index contributed by atoms with van der Waals surface area (Å²) >= 11 is 0. The Balaban J connectivity index is 1.71. The highest BCUT2D eigenvalue weighted by Gasteiger charge is 2.30. The van der Waals surface area contributed by atoms with E-state index < -0.39 is 0 Å². The molecular weight excluding hydrogens is 432 g/mol. The minimum Gasteiger partial charge on any atom is -0.383 e. The number of methoxy groups -OCH3 is 1. The Labute approximate surface area is 200 Å². The van der Waals surface area contributed by atoms with Gasteiger partial charge in [-0.15, -0.1) is 5.10 Å². The summed E-state index contributed by atoms with van der Waals surface area (Å²) in [5, 5.41) is 13.6. The normalized spacial score (nSPS) is 17.1. The minimum atomic E-state index is -0.0518. The molecule has 3 aromatic rings. The standard InChI is InChI=1S/C25H36N6O3/c1-5-7-23(24-27-28-29-31(24)9-11-33-4)30(16-20-8-6-10-34-20)15-19-14-21-18(3)12-17(2)13-22(21)26-25(19)32/h12-14,20,23H,5-11,15-16H2,1-4H3,(H,26,32). The van der Waals surface area contributed by atoms with Crippen LogP contribution in [0.5, 0.6) is 0 Å². The van der Waals surface area contributed by atoms with Gasteiger partial charge in [-0.3, -0.25) is 9.69 Å². The smallest absolute Gasteiger partial charge is 0.252 e. The van der Waals surface area contributed by atoms with E-state index in [4.69, 9.17) is 9.47 Å². The molecule has 34 heavy (non-hydrogen) atoms. The number of pyridine rings is 1. The van der Waals surface area contributed by atoms with Crippen LogP contribution in [0.2, 0.25) is 0 Å². The summed E-state index contributed by atoms with van der Waals surface area (Å²) < 4.78 is 13.1. The third-order valence-corrected chi connectivity index (χ3v) is 6.59. The molecule has 0 amide bonds. The van der Waals surface area contributed by atoms with Crippen LogP contribution >= 0.6 is 0 Å². The maximum atomic E-state index is 13.1. The molecule has 1 N–H and O–H groups in total. The van der Waals surface area contributed by atoms with Gasteiger partial charge < -0.3 is 14.5 Å². The van der Waals surface area contributed by atoms with Gasteiger partial charge in [-0.2, -0.15) is 0 Å². The van der Waals surface area contributed by atoms with E-state index in [1.54, 1.807) is 7.11 Å². The monoisotopic (exact) mass is 468 g/mol. The first-order valence-corrected chi connectivity index (χ1v) is 12.2. The average Bonchev–Trinajstić information content (AvgIpc) is 3.48. The lowest BCUT2D eigenvalue weighted by Gasteiger charge is -2.32. The number of aromatic nitrogens is 5. The zero-order valence-corrected chi connectivity index (χ0v) is 20.7. The zero-order valence-electron chi connectivity index (χ0n) is 20.7. The molecule has 0 bridgehead atoms. The second-order valence-corrected chi connectivity index (χ2v) is 9.29. The number of hydrogen-bond donors (Lipinski definition) is 1. The first-order valence-electron chi connectivity index (χ1n) is 12.2. The van der Waals surface area contributed by atoms with Crippen LogP contribution in [0.15, 0.2) is 23.0 Å². The molecule has 1 saturated heterocycles. The van der Waals surface area contributed by atoms with Crippen molar-refractivity contribution < 1.29 is 9.47 Å². The Bertz CT molecular complexity index is 1150. The predicted molar refractivity (Wildman–Crippen MR) is 131 cm³/mol. The van der Waals surface area contributed by atoms with Gasteiger partial charge in [0.2, 0.25) is 0 Å². The minimum absolute atomic E-state index is 0.0322. The molecule has 0 spiro atoms. The third kappa shape index (κ3) is 5.54. The number of aryl methyl sites for hydroxylation is 2. The molecule has 2 unspecified atom stereocenters. The lowest BCUT2D eigenvalue weighted by molar-refractivity contribution is 0.0471. The summed E-state index contributed by atoms with van der Waals surface area (Å²) in [4.78, 5) is 18.6. The van der Waals surface area contributed by atoms with Crippen LogP contribution in [0.3, 0.4) is 0 Å². The molecule has 2 atom stereocenters. The summed E-state index contributed by atoms with van der Waals surface area (Å²) in [5.41, 5.74) is 3.87. The molecule has 0 radical (unpaired) electrons. The number of fused-ring (bicyclic) bond motifs is 1. The van der Waals surface area contributed by atoms with Crippen LogP contribution in [-0.4, -0.2) is 63.1 Å². The lowest BCUT2D eigenvalue weighted by atomic mass is 10.0. The van der Waals surface area contributed by atoms with Gasteiger partial charge in [0, 0.05) is 43.3 Å². The number of nitrogens with zero attached hydrogens (tertiary/aromatic N) is 5. The summed E-state index contributed by atoms with van der Waals surface area (Å²) in [5.74, 6) is 0.806. The van der Waals surface area contributed by atoms with Gasteiger partial charge in [0.05, 0.1) is 25.3 Å². The largest absolute Gasteiger partial charge is 0.383 e. The van der Waals surface area contributed by atoms with Crippen LogP contribution in [0, 0.1) is 13.8 Å². The molecule has 3 heterocycles. The highest BCUT2D eigenvalue weighted by Crippen LogP contribution is 2.28. The van der Waals surface area contributed by atoms with Gasteiger partial charge in [0.15, 0.2) is 5.82 Å². The quantitative estimate of drug-likeness (QED) is 0.461. The highest BCUT2D eigenvalue weighted by molar-refractivity contribution is 5.83. The molecule has 1 aliphatic rings. The van der Waals surface area contributed by atoms with Gasteiger partial charge >= 0.3 is 0 Å². The van der Waals surface area contributed by atoms with Gasteiger partial charge in [0.25, 0.3) is 5.56 Å². The lowest BCUT2D eigenvalue weighted by Crippen LogP contribution is -2.38. The number of H-pyrrole nitrogens is 1. The van der Waals surface area contributed by atoms with Crippen LogP contribution in [0.1, 0.15) is 61.2 Å². The molecule has 1 aromatic carbocycles. The Morgan fingerprint density at radius 3 is 2.91 bits per heavy atom. The fraction of sp³-hybridized carbons (Fsp3) is 0.600. The van der Waals surface area contributed by atoms with E-state index in [9.17, 15) is 4.79 Å². The molecule has 0 saturated carbocycles. The molecule has 2 aromatic heterocycles. The van der Waals surface area contributed by atoms with Crippen LogP contribution < -0.4 is 5.56 Å². The second kappa shape index (κ2) is 11.2. The van der Waals surface area contributed by atoms with E-state index in [1.807, 2.05) is 23.7 Å². The van der Waals surface area contributed by atoms with Gasteiger partial charge in [0.1, 0.15) is 0 Å². The maximum Gasteiger partial charge on any atom is 0.252 e. The number of nitrogens with one attached hydrogen (secondary N) is 1. The topological polar surface area (TPSA) is 98.2 Å². The first-order chi connectivity index (χ1) is 16.5. The number of ether oxygens (including phenoxy) is 2. The van der Waals surface area contributed by atoms with E-state index in [0.29, 0.717) is 19.7 Å². The van der Waals surface area contributed by atoms with E-state index in [-0.39, 0.29) is 17.7 Å².